The highest BCUT2D eigenvalue weighted by molar-refractivity contribution is 9.10. The van der Waals surface area contributed by atoms with Gasteiger partial charge in [-0.3, -0.25) is 14.3 Å². The Morgan fingerprint density at radius 3 is 2.94 bits per heavy atom. The zero-order valence-corrected chi connectivity index (χ0v) is 20.1. The lowest BCUT2D eigenvalue weighted by atomic mass is 10.2. The van der Waals surface area contributed by atoms with Crippen molar-refractivity contribution in [1.29, 1.82) is 0 Å². The number of nitrogens with one attached hydrogen (secondary N) is 2. The Kier molecular flexibility index (Phi) is 6.75. The van der Waals surface area contributed by atoms with Crippen molar-refractivity contribution in [2.24, 2.45) is 7.05 Å². The highest BCUT2D eigenvalue weighted by Gasteiger charge is 2.23. The van der Waals surface area contributed by atoms with Gasteiger partial charge in [-0.2, -0.15) is 5.10 Å². The Morgan fingerprint density at radius 2 is 2.19 bits per heavy atom. The molecule has 4 rings (SSSR count). The van der Waals surface area contributed by atoms with E-state index in [0.717, 1.165) is 21.6 Å². The van der Waals surface area contributed by atoms with Gasteiger partial charge in [0.15, 0.2) is 0 Å². The number of halogens is 1. The quantitative estimate of drug-likeness (QED) is 0.498. The number of fused-ring (bicyclic) bond motifs is 1. The van der Waals surface area contributed by atoms with Crippen molar-refractivity contribution in [3.63, 3.8) is 0 Å². The first-order valence-electron chi connectivity index (χ1n) is 10.2. The number of amides is 2. The molecule has 11 heteroatoms. The summed E-state index contributed by atoms with van der Waals surface area (Å²) in [5.74, 6) is 0.0780. The second-order valence-electron chi connectivity index (χ2n) is 7.34. The van der Waals surface area contributed by atoms with Crippen LogP contribution in [-0.2, 0) is 18.4 Å². The largest absolute Gasteiger partial charge is 0.474 e. The van der Waals surface area contributed by atoms with Crippen molar-refractivity contribution in [3.05, 3.63) is 51.0 Å². The number of aromatic nitrogens is 3. The number of aryl methyl sites for hydroxylation is 1. The van der Waals surface area contributed by atoms with E-state index in [1.165, 1.54) is 11.3 Å². The molecule has 1 aliphatic heterocycles. The third-order valence-corrected chi connectivity index (χ3v) is 6.48. The van der Waals surface area contributed by atoms with Gasteiger partial charge in [0, 0.05) is 28.8 Å². The Labute approximate surface area is 197 Å². The van der Waals surface area contributed by atoms with Crippen LogP contribution in [0.25, 0.3) is 0 Å². The lowest BCUT2D eigenvalue weighted by molar-refractivity contribution is -0.118. The molecule has 1 atom stereocenters. The maximum atomic E-state index is 12.8. The van der Waals surface area contributed by atoms with Gasteiger partial charge in [-0.25, -0.2) is 4.98 Å². The van der Waals surface area contributed by atoms with E-state index in [1.54, 1.807) is 36.4 Å². The summed E-state index contributed by atoms with van der Waals surface area (Å²) in [5.41, 5.74) is 1.51. The summed E-state index contributed by atoms with van der Waals surface area (Å²) in [6.07, 6.45) is 5.46. The van der Waals surface area contributed by atoms with Gasteiger partial charge in [-0.1, -0.05) is 6.92 Å². The van der Waals surface area contributed by atoms with Crippen LogP contribution in [0.4, 0.5) is 11.4 Å². The number of carbonyl (C=O) groups excluding carboxylic acids is 2. The zero-order chi connectivity index (χ0) is 22.7. The van der Waals surface area contributed by atoms with Crippen molar-refractivity contribution in [2.75, 3.05) is 23.4 Å². The van der Waals surface area contributed by atoms with Crippen molar-refractivity contribution in [3.8, 4) is 5.88 Å². The Hall–Kier alpha value is -2.92. The predicted molar refractivity (Wildman–Crippen MR) is 126 cm³/mol. The first-order valence-corrected chi connectivity index (χ1v) is 11.8. The minimum absolute atomic E-state index is 0.263. The molecule has 2 N–H and O–H groups in total. The first-order chi connectivity index (χ1) is 15.4. The smallest absolute Gasteiger partial charge is 0.262 e. The molecule has 0 radical (unpaired) electrons. The van der Waals surface area contributed by atoms with E-state index in [4.69, 9.17) is 4.74 Å². The topological polar surface area (TPSA) is 101 Å². The molecular formula is C21H23BrN6O3S. The molecule has 32 heavy (non-hydrogen) atoms. The minimum atomic E-state index is -0.636. The van der Waals surface area contributed by atoms with Crippen LogP contribution in [0, 0.1) is 0 Å². The number of ether oxygens (including phenoxy) is 1. The molecule has 168 valence electrons. The normalized spacial score (nSPS) is 13.8. The Balaban J connectivity index is 1.39. The van der Waals surface area contributed by atoms with Crippen molar-refractivity contribution in [1.82, 2.24) is 20.1 Å². The standard InChI is InChI=1S/C21H23BrN6O3S/c1-3-16(19(29)25-14-10-24-27(2)11-14)26-20(30)18-5-4-15(32-18)12-28-6-7-31-21-17(28)8-13(22)9-23-21/h4-5,8-11,16H,3,6-7,12H2,1-2H3,(H,25,29)(H,26,30)/t16-/m0/s1. The Morgan fingerprint density at radius 1 is 1.34 bits per heavy atom. The van der Waals surface area contributed by atoms with Gasteiger partial charge in [-0.15, -0.1) is 11.3 Å². The SMILES string of the molecule is CC[C@H](NC(=O)c1ccc(CN2CCOc3ncc(Br)cc32)s1)C(=O)Nc1cnn(C)c1. The van der Waals surface area contributed by atoms with E-state index in [2.05, 4.69) is 41.5 Å². The number of thiophene rings is 1. The molecule has 9 nitrogen and oxygen atoms in total. The molecule has 3 aromatic rings. The van der Waals surface area contributed by atoms with Crippen molar-refractivity contribution < 1.29 is 14.3 Å². The number of nitrogens with zero attached hydrogens (tertiary/aromatic N) is 4. The van der Waals surface area contributed by atoms with E-state index >= 15 is 0 Å². The van der Waals surface area contributed by atoms with E-state index < -0.39 is 6.04 Å². The summed E-state index contributed by atoms with van der Waals surface area (Å²) >= 11 is 4.87. The molecular weight excluding hydrogens is 496 g/mol. The van der Waals surface area contributed by atoms with E-state index in [9.17, 15) is 9.59 Å². The molecule has 0 saturated carbocycles. The molecule has 0 aromatic carbocycles. The van der Waals surface area contributed by atoms with Crippen LogP contribution in [0.5, 0.6) is 5.88 Å². The Bertz CT molecular complexity index is 1130. The fourth-order valence-corrected chi connectivity index (χ4v) is 4.61. The third kappa shape index (κ3) is 5.10. The molecule has 2 amide bonds. The van der Waals surface area contributed by atoms with Gasteiger partial charge in [0.2, 0.25) is 11.8 Å². The average Bonchev–Trinajstić information content (AvgIpc) is 3.41. The molecule has 1 aliphatic rings. The van der Waals surface area contributed by atoms with Crippen LogP contribution in [0.2, 0.25) is 0 Å². The summed E-state index contributed by atoms with van der Waals surface area (Å²) in [5, 5.41) is 9.65. The molecule has 4 heterocycles. The van der Waals surface area contributed by atoms with Crippen LogP contribution in [0.3, 0.4) is 0 Å². The number of hydrogen-bond donors (Lipinski definition) is 2. The predicted octanol–water partition coefficient (Wildman–Crippen LogP) is 3.19. The molecule has 3 aromatic heterocycles. The van der Waals surface area contributed by atoms with E-state index in [-0.39, 0.29) is 11.8 Å². The maximum Gasteiger partial charge on any atom is 0.262 e. The fourth-order valence-electron chi connectivity index (χ4n) is 3.36. The molecule has 0 saturated heterocycles. The number of carbonyl (C=O) groups is 2. The monoisotopic (exact) mass is 518 g/mol. The van der Waals surface area contributed by atoms with Gasteiger partial charge >= 0.3 is 0 Å². The summed E-state index contributed by atoms with van der Waals surface area (Å²) in [6.45, 7) is 3.79. The third-order valence-electron chi connectivity index (χ3n) is 4.97. The lowest BCUT2D eigenvalue weighted by Crippen LogP contribution is -2.43. The second kappa shape index (κ2) is 9.70. The molecule has 0 aliphatic carbocycles. The number of rotatable bonds is 7. The van der Waals surface area contributed by atoms with Gasteiger partial charge in [0.25, 0.3) is 5.91 Å². The van der Waals surface area contributed by atoms with Crippen LogP contribution < -0.4 is 20.3 Å². The average molecular weight is 519 g/mol. The van der Waals surface area contributed by atoms with Gasteiger partial charge in [0.05, 0.1) is 29.9 Å². The maximum absolute atomic E-state index is 12.8. The first kappa shape index (κ1) is 22.3. The minimum Gasteiger partial charge on any atom is -0.474 e. The van der Waals surface area contributed by atoms with Gasteiger partial charge < -0.3 is 20.3 Å². The number of pyridine rings is 1. The molecule has 0 fully saturated rings. The van der Waals surface area contributed by atoms with Gasteiger partial charge in [0.1, 0.15) is 18.3 Å². The van der Waals surface area contributed by atoms with Crippen LogP contribution >= 0.6 is 27.3 Å². The summed E-state index contributed by atoms with van der Waals surface area (Å²) in [6, 6.07) is 5.08. The highest BCUT2D eigenvalue weighted by Crippen LogP contribution is 2.33. The van der Waals surface area contributed by atoms with E-state index in [0.29, 0.717) is 36.0 Å². The van der Waals surface area contributed by atoms with Gasteiger partial charge in [-0.05, 0) is 40.5 Å². The van der Waals surface area contributed by atoms with Crippen LogP contribution in [0.1, 0.15) is 27.9 Å². The zero-order valence-electron chi connectivity index (χ0n) is 17.7. The molecule has 0 bridgehead atoms. The summed E-state index contributed by atoms with van der Waals surface area (Å²) in [4.78, 5) is 33.4. The van der Waals surface area contributed by atoms with Crippen LogP contribution in [-0.4, -0.2) is 45.8 Å². The van der Waals surface area contributed by atoms with Crippen molar-refractivity contribution in [2.45, 2.75) is 25.9 Å². The highest BCUT2D eigenvalue weighted by atomic mass is 79.9. The molecule has 0 unspecified atom stereocenters. The lowest BCUT2D eigenvalue weighted by Gasteiger charge is -2.30. The van der Waals surface area contributed by atoms with Crippen molar-refractivity contribution >= 4 is 50.5 Å². The fraction of sp³-hybridized carbons (Fsp3) is 0.333. The summed E-state index contributed by atoms with van der Waals surface area (Å²) in [7, 11) is 1.77. The van der Waals surface area contributed by atoms with E-state index in [1.807, 2.05) is 19.1 Å². The van der Waals surface area contributed by atoms with Crippen LogP contribution in [0.15, 0.2) is 41.3 Å². The number of anilines is 2. The molecule has 0 spiro atoms. The summed E-state index contributed by atoms with van der Waals surface area (Å²) < 4.78 is 8.12. The number of hydrogen-bond acceptors (Lipinski definition) is 7. The second-order valence-corrected chi connectivity index (χ2v) is 9.42.